The average Bonchev–Trinajstić information content (AvgIpc) is 2.36. The van der Waals surface area contributed by atoms with Gasteiger partial charge in [-0.2, -0.15) is 0 Å². The molecular weight excluding hydrogens is 274 g/mol. The third-order valence-corrected chi connectivity index (χ3v) is 6.25. The minimum absolute atomic E-state index is 0.0432. The Kier molecular flexibility index (Phi) is 4.26. The number of sulfonamides is 1. The molecule has 0 aromatic rings. The van der Waals surface area contributed by atoms with Crippen LogP contribution in [-0.4, -0.2) is 45.5 Å². The summed E-state index contributed by atoms with van der Waals surface area (Å²) in [5, 5.41) is 0. The van der Waals surface area contributed by atoms with Gasteiger partial charge in [-0.1, -0.05) is 0 Å². The average molecular weight is 290 g/mol. The lowest BCUT2D eigenvalue weighted by Crippen LogP contribution is -2.47. The van der Waals surface area contributed by atoms with E-state index in [-0.39, 0.29) is 23.1 Å². The van der Waals surface area contributed by atoms with Gasteiger partial charge in [-0.15, -0.1) is 11.6 Å². The Morgan fingerprint density at radius 2 is 2.06 bits per heavy atom. The predicted molar refractivity (Wildman–Crippen MR) is 63.9 cm³/mol. The van der Waals surface area contributed by atoms with Crippen LogP contribution in [0.1, 0.15) is 19.8 Å². The molecule has 0 radical (unpaired) electrons. The van der Waals surface area contributed by atoms with Crippen molar-refractivity contribution in [1.29, 1.82) is 0 Å². The second kappa shape index (κ2) is 4.80. The molecule has 5 nitrogen and oxygen atoms in total. The van der Waals surface area contributed by atoms with Gasteiger partial charge >= 0.3 is 0 Å². The number of hydrogen-bond donors (Lipinski definition) is 1. The van der Waals surface area contributed by atoms with E-state index in [2.05, 4.69) is 4.72 Å². The van der Waals surface area contributed by atoms with Gasteiger partial charge in [0.15, 0.2) is 9.84 Å². The van der Waals surface area contributed by atoms with Gasteiger partial charge in [0.1, 0.15) is 0 Å². The third-order valence-electron chi connectivity index (χ3n) is 2.45. The number of rotatable bonds is 5. The van der Waals surface area contributed by atoms with Crippen molar-refractivity contribution in [2.24, 2.45) is 0 Å². The van der Waals surface area contributed by atoms with Crippen molar-refractivity contribution in [3.63, 3.8) is 0 Å². The maximum atomic E-state index is 11.6. The molecular formula is C8H16ClNO4S2. The molecule has 0 amide bonds. The minimum atomic E-state index is -3.43. The first-order valence-electron chi connectivity index (χ1n) is 4.96. The second-order valence-electron chi connectivity index (χ2n) is 4.37. The molecule has 1 aliphatic rings. The van der Waals surface area contributed by atoms with Crippen LogP contribution in [0.3, 0.4) is 0 Å². The quantitative estimate of drug-likeness (QED) is 0.729. The molecule has 0 aliphatic carbocycles. The van der Waals surface area contributed by atoms with E-state index in [4.69, 9.17) is 11.6 Å². The van der Waals surface area contributed by atoms with Gasteiger partial charge in [-0.05, 0) is 19.8 Å². The first-order valence-corrected chi connectivity index (χ1v) is 8.97. The van der Waals surface area contributed by atoms with Gasteiger partial charge in [0.2, 0.25) is 10.0 Å². The summed E-state index contributed by atoms with van der Waals surface area (Å²) in [4.78, 5) is 0. The molecule has 1 atom stereocenters. The summed E-state index contributed by atoms with van der Waals surface area (Å²) in [6.45, 7) is 1.62. The smallest absolute Gasteiger partial charge is 0.212 e. The number of halogens is 1. The molecule has 96 valence electrons. The highest BCUT2D eigenvalue weighted by atomic mass is 35.5. The first kappa shape index (κ1) is 14.2. The fourth-order valence-electron chi connectivity index (χ4n) is 1.76. The van der Waals surface area contributed by atoms with E-state index in [0.717, 1.165) is 0 Å². The molecule has 1 fully saturated rings. The number of nitrogens with one attached hydrogen (secondary N) is 1. The van der Waals surface area contributed by atoms with E-state index < -0.39 is 25.4 Å². The van der Waals surface area contributed by atoms with Crippen LogP contribution in [0, 0.1) is 0 Å². The molecule has 1 rings (SSSR count). The molecule has 1 aliphatic heterocycles. The van der Waals surface area contributed by atoms with Gasteiger partial charge in [0, 0.05) is 11.4 Å². The molecule has 0 saturated carbocycles. The van der Waals surface area contributed by atoms with Crippen LogP contribution < -0.4 is 4.72 Å². The highest BCUT2D eigenvalue weighted by Gasteiger charge is 2.40. The summed E-state index contributed by atoms with van der Waals surface area (Å²) >= 11 is 5.42. The zero-order valence-electron chi connectivity index (χ0n) is 9.07. The predicted octanol–water partition coefficient (Wildman–Crippen LogP) is 0.112. The molecule has 0 spiro atoms. The van der Waals surface area contributed by atoms with E-state index >= 15 is 0 Å². The topological polar surface area (TPSA) is 80.3 Å². The second-order valence-corrected chi connectivity index (χ2v) is 8.77. The fourth-order valence-corrected chi connectivity index (χ4v) is 5.79. The monoisotopic (exact) mass is 289 g/mol. The van der Waals surface area contributed by atoms with E-state index in [1.165, 1.54) is 0 Å². The molecule has 1 N–H and O–H groups in total. The van der Waals surface area contributed by atoms with Gasteiger partial charge in [-0.3, -0.25) is 0 Å². The zero-order chi connectivity index (χ0) is 12.4. The highest BCUT2D eigenvalue weighted by molar-refractivity contribution is 7.92. The maximum Gasteiger partial charge on any atom is 0.212 e. The van der Waals surface area contributed by atoms with E-state index in [1.807, 2.05) is 0 Å². The molecule has 0 aromatic carbocycles. The Morgan fingerprint density at radius 3 is 2.50 bits per heavy atom. The Labute approximate surface area is 102 Å². The zero-order valence-corrected chi connectivity index (χ0v) is 11.5. The summed E-state index contributed by atoms with van der Waals surface area (Å²) in [5.41, 5.74) is -0.857. The standard InChI is InChI=1S/C8H16ClNO4S2/c1-8(3-6-15(11,12)7-8)10-16(13,14)5-2-4-9/h10H,2-7H2,1H3. The van der Waals surface area contributed by atoms with Crippen LogP contribution in [0.4, 0.5) is 0 Å². The van der Waals surface area contributed by atoms with Crippen molar-refractivity contribution >= 4 is 31.5 Å². The van der Waals surface area contributed by atoms with Gasteiger partial charge in [0.25, 0.3) is 0 Å². The van der Waals surface area contributed by atoms with Crippen LogP contribution in [0.2, 0.25) is 0 Å². The Bertz CT molecular complexity index is 445. The van der Waals surface area contributed by atoms with Crippen LogP contribution >= 0.6 is 11.6 Å². The van der Waals surface area contributed by atoms with Crippen LogP contribution in [0.15, 0.2) is 0 Å². The lowest BCUT2D eigenvalue weighted by Gasteiger charge is -2.23. The molecule has 1 saturated heterocycles. The molecule has 1 unspecified atom stereocenters. The van der Waals surface area contributed by atoms with Gasteiger partial charge in [-0.25, -0.2) is 21.6 Å². The van der Waals surface area contributed by atoms with Crippen molar-refractivity contribution in [2.75, 3.05) is 23.1 Å². The van der Waals surface area contributed by atoms with Gasteiger partial charge in [0.05, 0.1) is 17.3 Å². The maximum absolute atomic E-state index is 11.6. The fraction of sp³-hybridized carbons (Fsp3) is 1.00. The highest BCUT2D eigenvalue weighted by Crippen LogP contribution is 2.23. The molecule has 0 aromatic heterocycles. The Balaban J connectivity index is 2.68. The SMILES string of the molecule is CC1(NS(=O)(=O)CCCCl)CCS(=O)(=O)C1. The van der Waals surface area contributed by atoms with Crippen molar-refractivity contribution in [3.05, 3.63) is 0 Å². The first-order chi connectivity index (χ1) is 7.18. The molecule has 16 heavy (non-hydrogen) atoms. The van der Waals surface area contributed by atoms with Crippen LogP contribution in [0.5, 0.6) is 0 Å². The lowest BCUT2D eigenvalue weighted by molar-refractivity contribution is 0.461. The summed E-state index contributed by atoms with van der Waals surface area (Å²) in [7, 11) is -6.53. The summed E-state index contributed by atoms with van der Waals surface area (Å²) in [6.07, 6.45) is 0.690. The summed E-state index contributed by atoms with van der Waals surface area (Å²) in [6, 6.07) is 0. The summed E-state index contributed by atoms with van der Waals surface area (Å²) in [5.74, 6) is 0.129. The molecule has 8 heteroatoms. The normalized spacial score (nSPS) is 29.4. The molecule has 0 bridgehead atoms. The molecule has 1 heterocycles. The van der Waals surface area contributed by atoms with Crippen LogP contribution in [0.25, 0.3) is 0 Å². The van der Waals surface area contributed by atoms with Crippen LogP contribution in [-0.2, 0) is 19.9 Å². The number of hydrogen-bond acceptors (Lipinski definition) is 4. The van der Waals surface area contributed by atoms with E-state index in [1.54, 1.807) is 6.92 Å². The summed E-state index contributed by atoms with van der Waals surface area (Å²) < 4.78 is 48.2. The minimum Gasteiger partial charge on any atom is -0.229 e. The Hall–Kier alpha value is 0.150. The number of sulfone groups is 1. The third kappa shape index (κ3) is 4.20. The van der Waals surface area contributed by atoms with E-state index in [0.29, 0.717) is 12.8 Å². The van der Waals surface area contributed by atoms with Crippen molar-refractivity contribution in [3.8, 4) is 0 Å². The van der Waals surface area contributed by atoms with Crippen molar-refractivity contribution in [2.45, 2.75) is 25.3 Å². The van der Waals surface area contributed by atoms with Gasteiger partial charge < -0.3 is 0 Å². The van der Waals surface area contributed by atoms with Crippen molar-refractivity contribution in [1.82, 2.24) is 4.72 Å². The number of alkyl halides is 1. The Morgan fingerprint density at radius 1 is 1.44 bits per heavy atom. The lowest BCUT2D eigenvalue weighted by atomic mass is 10.0. The van der Waals surface area contributed by atoms with Crippen molar-refractivity contribution < 1.29 is 16.8 Å². The largest absolute Gasteiger partial charge is 0.229 e. The van der Waals surface area contributed by atoms with E-state index in [9.17, 15) is 16.8 Å².